The molecular weight excluding hydrogens is 348 g/mol. The van der Waals surface area contributed by atoms with E-state index in [2.05, 4.69) is 26.0 Å². The van der Waals surface area contributed by atoms with Crippen LogP contribution in [0.1, 0.15) is 27.9 Å². The molecule has 2 heterocycles. The van der Waals surface area contributed by atoms with Gasteiger partial charge in [0.1, 0.15) is 5.69 Å². The highest BCUT2D eigenvalue weighted by Gasteiger charge is 2.29. The van der Waals surface area contributed by atoms with Crippen LogP contribution in [0.5, 0.6) is 0 Å². The third-order valence-corrected chi connectivity index (χ3v) is 5.65. The maximum Gasteiger partial charge on any atom is 0.257 e. The Morgan fingerprint density at radius 3 is 2.61 bits per heavy atom. The molecule has 3 aromatic rings. The Labute approximate surface area is 165 Å². The summed E-state index contributed by atoms with van der Waals surface area (Å²) in [6.07, 6.45) is 2.83. The zero-order valence-corrected chi connectivity index (χ0v) is 16.4. The van der Waals surface area contributed by atoms with E-state index in [1.54, 1.807) is 4.68 Å². The van der Waals surface area contributed by atoms with Gasteiger partial charge in [-0.15, -0.1) is 0 Å². The molecule has 1 atom stereocenters. The van der Waals surface area contributed by atoms with Gasteiger partial charge in [0.15, 0.2) is 0 Å². The van der Waals surface area contributed by atoms with Crippen LogP contribution in [0.15, 0.2) is 54.7 Å². The number of carbonyl (C=O) groups is 1. The Kier molecular flexibility index (Phi) is 5.01. The van der Waals surface area contributed by atoms with Crippen LogP contribution in [0.3, 0.4) is 0 Å². The largest absolute Gasteiger partial charge is 0.338 e. The van der Waals surface area contributed by atoms with Gasteiger partial charge in [0.25, 0.3) is 5.91 Å². The third-order valence-electron chi connectivity index (χ3n) is 5.65. The molecule has 5 heteroatoms. The van der Waals surface area contributed by atoms with Crippen LogP contribution in [-0.2, 0) is 0 Å². The summed E-state index contributed by atoms with van der Waals surface area (Å²) in [5, 5.41) is 4.80. The molecule has 4 rings (SSSR count). The Morgan fingerprint density at radius 2 is 1.93 bits per heavy atom. The topological polar surface area (TPSA) is 64.2 Å². The SMILES string of the molecule is Cc1ccc(-c2nn(-c3ccccc3)cc2C(=O)N2CCC(CN)C2)cc1C. The predicted octanol–water partition coefficient (Wildman–Crippen LogP) is 3.58. The molecule has 2 N–H and O–H groups in total. The van der Waals surface area contributed by atoms with Crippen LogP contribution in [0.25, 0.3) is 16.9 Å². The fourth-order valence-corrected chi connectivity index (χ4v) is 3.73. The number of hydrogen-bond acceptors (Lipinski definition) is 3. The molecule has 1 unspecified atom stereocenters. The number of nitrogens with zero attached hydrogens (tertiary/aromatic N) is 3. The Morgan fingerprint density at radius 1 is 1.14 bits per heavy atom. The number of para-hydroxylation sites is 1. The second-order valence-corrected chi connectivity index (χ2v) is 7.61. The van der Waals surface area contributed by atoms with Gasteiger partial charge in [0.05, 0.1) is 11.3 Å². The molecular formula is C23H26N4O. The van der Waals surface area contributed by atoms with E-state index < -0.39 is 0 Å². The number of aromatic nitrogens is 2. The Hall–Kier alpha value is -2.92. The van der Waals surface area contributed by atoms with Crippen LogP contribution in [0, 0.1) is 19.8 Å². The van der Waals surface area contributed by atoms with Gasteiger partial charge in [0, 0.05) is 24.8 Å². The van der Waals surface area contributed by atoms with Crippen molar-refractivity contribution in [2.75, 3.05) is 19.6 Å². The highest BCUT2D eigenvalue weighted by Crippen LogP contribution is 2.28. The molecule has 144 valence electrons. The zero-order valence-electron chi connectivity index (χ0n) is 16.4. The molecule has 5 nitrogen and oxygen atoms in total. The summed E-state index contributed by atoms with van der Waals surface area (Å²) in [6, 6.07) is 16.1. The van der Waals surface area contributed by atoms with Gasteiger partial charge >= 0.3 is 0 Å². The summed E-state index contributed by atoms with van der Waals surface area (Å²) in [4.78, 5) is 15.2. The Balaban J connectivity index is 1.78. The highest BCUT2D eigenvalue weighted by molar-refractivity contribution is 6.00. The molecule has 2 aromatic carbocycles. The average Bonchev–Trinajstić information content (AvgIpc) is 3.38. The predicted molar refractivity (Wildman–Crippen MR) is 112 cm³/mol. The van der Waals surface area contributed by atoms with E-state index in [1.165, 1.54) is 11.1 Å². The molecule has 1 aliphatic rings. The van der Waals surface area contributed by atoms with Gasteiger partial charge in [0.2, 0.25) is 0 Å². The maximum absolute atomic E-state index is 13.3. The molecule has 28 heavy (non-hydrogen) atoms. The number of amides is 1. The van der Waals surface area contributed by atoms with Crippen molar-refractivity contribution in [1.29, 1.82) is 0 Å². The first-order valence-electron chi connectivity index (χ1n) is 9.79. The molecule has 1 amide bonds. The summed E-state index contributed by atoms with van der Waals surface area (Å²) < 4.78 is 1.80. The van der Waals surface area contributed by atoms with Gasteiger partial charge in [-0.2, -0.15) is 5.10 Å². The van der Waals surface area contributed by atoms with Crippen molar-refractivity contribution < 1.29 is 4.79 Å². The quantitative estimate of drug-likeness (QED) is 0.759. The van der Waals surface area contributed by atoms with Crippen molar-refractivity contribution in [1.82, 2.24) is 14.7 Å². The average molecular weight is 374 g/mol. The van der Waals surface area contributed by atoms with E-state index >= 15 is 0 Å². The summed E-state index contributed by atoms with van der Waals surface area (Å²) in [5.41, 5.74) is 11.5. The van der Waals surface area contributed by atoms with Gasteiger partial charge in [-0.25, -0.2) is 4.68 Å². The molecule has 0 saturated carbocycles. The van der Waals surface area contributed by atoms with Crippen molar-refractivity contribution in [3.05, 3.63) is 71.4 Å². The number of carbonyl (C=O) groups excluding carboxylic acids is 1. The van der Waals surface area contributed by atoms with Crippen molar-refractivity contribution >= 4 is 5.91 Å². The third kappa shape index (κ3) is 3.45. The monoisotopic (exact) mass is 374 g/mol. The first kappa shape index (κ1) is 18.4. The van der Waals surface area contributed by atoms with Crippen molar-refractivity contribution in [3.8, 4) is 16.9 Å². The second-order valence-electron chi connectivity index (χ2n) is 7.61. The van der Waals surface area contributed by atoms with Crippen molar-refractivity contribution in [2.24, 2.45) is 11.7 Å². The number of benzene rings is 2. The molecule has 1 aromatic heterocycles. The smallest absolute Gasteiger partial charge is 0.257 e. The van der Waals surface area contributed by atoms with E-state index in [0.29, 0.717) is 18.0 Å². The molecule has 1 saturated heterocycles. The normalized spacial score (nSPS) is 16.5. The fraction of sp³-hybridized carbons (Fsp3) is 0.304. The fourth-order valence-electron chi connectivity index (χ4n) is 3.73. The lowest BCUT2D eigenvalue weighted by molar-refractivity contribution is 0.0788. The summed E-state index contributed by atoms with van der Waals surface area (Å²) in [5.74, 6) is 0.421. The van der Waals surface area contributed by atoms with Crippen molar-refractivity contribution in [2.45, 2.75) is 20.3 Å². The Bertz CT molecular complexity index is 993. The lowest BCUT2D eigenvalue weighted by Gasteiger charge is -2.16. The number of likely N-dealkylation sites (tertiary alicyclic amines) is 1. The van der Waals surface area contributed by atoms with E-state index in [-0.39, 0.29) is 5.91 Å². The highest BCUT2D eigenvalue weighted by atomic mass is 16.2. The minimum atomic E-state index is 0.0337. The summed E-state index contributed by atoms with van der Waals surface area (Å²) in [6.45, 7) is 6.27. The minimum Gasteiger partial charge on any atom is -0.338 e. The summed E-state index contributed by atoms with van der Waals surface area (Å²) in [7, 11) is 0. The second kappa shape index (κ2) is 7.60. The molecule has 0 aliphatic carbocycles. The lowest BCUT2D eigenvalue weighted by Crippen LogP contribution is -2.30. The lowest BCUT2D eigenvalue weighted by atomic mass is 10.0. The first-order valence-corrected chi connectivity index (χ1v) is 9.79. The van der Waals surface area contributed by atoms with Crippen molar-refractivity contribution in [3.63, 3.8) is 0 Å². The van der Waals surface area contributed by atoms with Crippen LogP contribution in [0.2, 0.25) is 0 Å². The van der Waals surface area contributed by atoms with Crippen LogP contribution in [0.4, 0.5) is 0 Å². The van der Waals surface area contributed by atoms with Gasteiger partial charge in [-0.05, 0) is 62.1 Å². The van der Waals surface area contributed by atoms with E-state index in [1.807, 2.05) is 47.5 Å². The van der Waals surface area contributed by atoms with E-state index in [9.17, 15) is 4.79 Å². The molecule has 0 spiro atoms. The number of nitrogens with two attached hydrogens (primary N) is 1. The molecule has 1 aliphatic heterocycles. The first-order chi connectivity index (χ1) is 13.6. The standard InChI is InChI=1S/C23H26N4O/c1-16-8-9-19(12-17(16)2)22-21(23(28)26-11-10-18(13-24)14-26)15-27(25-22)20-6-4-3-5-7-20/h3-9,12,15,18H,10-11,13-14,24H2,1-2H3. The van der Waals surface area contributed by atoms with Crippen LogP contribution >= 0.6 is 0 Å². The molecule has 1 fully saturated rings. The number of hydrogen-bond donors (Lipinski definition) is 1. The number of rotatable bonds is 4. The molecule has 0 radical (unpaired) electrons. The van der Waals surface area contributed by atoms with Crippen LogP contribution < -0.4 is 5.73 Å². The van der Waals surface area contributed by atoms with E-state index in [0.717, 1.165) is 36.5 Å². The molecule has 0 bridgehead atoms. The maximum atomic E-state index is 13.3. The van der Waals surface area contributed by atoms with Gasteiger partial charge in [-0.3, -0.25) is 4.79 Å². The minimum absolute atomic E-state index is 0.0337. The van der Waals surface area contributed by atoms with Gasteiger partial charge in [-0.1, -0.05) is 30.3 Å². The zero-order chi connectivity index (χ0) is 19.7. The van der Waals surface area contributed by atoms with Gasteiger partial charge < -0.3 is 10.6 Å². The van der Waals surface area contributed by atoms with E-state index in [4.69, 9.17) is 10.8 Å². The van der Waals surface area contributed by atoms with Crippen LogP contribution in [-0.4, -0.2) is 40.2 Å². The number of aryl methyl sites for hydroxylation is 2. The summed E-state index contributed by atoms with van der Waals surface area (Å²) >= 11 is 0.